The lowest BCUT2D eigenvalue weighted by Gasteiger charge is -2.24. The number of hydrogen-bond acceptors (Lipinski definition) is 3. The van der Waals surface area contributed by atoms with E-state index in [0.29, 0.717) is 0 Å². The fourth-order valence-electron chi connectivity index (χ4n) is 0.693. The zero-order valence-electron chi connectivity index (χ0n) is 8.79. The first-order valence-corrected chi connectivity index (χ1v) is 4.49. The van der Waals surface area contributed by atoms with Crippen molar-refractivity contribution < 1.29 is 9.90 Å². The molecule has 78 valence electrons. The molecule has 0 saturated heterocycles. The van der Waals surface area contributed by atoms with Gasteiger partial charge < -0.3 is 16.2 Å². The predicted molar refractivity (Wildman–Crippen MR) is 52.1 cm³/mol. The molecule has 0 rings (SSSR count). The molecule has 4 nitrogen and oxygen atoms in total. The van der Waals surface area contributed by atoms with Gasteiger partial charge in [0.05, 0.1) is 5.54 Å². The number of aliphatic hydroxyl groups excluding tert-OH is 1. The Bertz CT molecular complexity index is 175. The fourth-order valence-corrected chi connectivity index (χ4v) is 0.693. The van der Waals surface area contributed by atoms with E-state index >= 15 is 0 Å². The minimum atomic E-state index is -0.858. The minimum Gasteiger partial charge on any atom is -0.396 e. The average Bonchev–Trinajstić information content (AvgIpc) is 2.01. The Morgan fingerprint density at radius 2 is 2.00 bits per heavy atom. The number of aliphatic hydroxyl groups is 1. The number of hydrogen-bond donors (Lipinski definition) is 3. The average molecular weight is 188 g/mol. The molecule has 0 aromatic heterocycles. The van der Waals surface area contributed by atoms with Crippen LogP contribution < -0.4 is 11.1 Å². The summed E-state index contributed by atoms with van der Waals surface area (Å²) >= 11 is 0. The second kappa shape index (κ2) is 4.58. The molecule has 0 aliphatic heterocycles. The SMILES string of the molecule is CC(CO)C(C)NC(=O)C(C)(C)N. The van der Waals surface area contributed by atoms with E-state index in [9.17, 15) is 4.79 Å². The molecule has 2 unspecified atom stereocenters. The van der Waals surface area contributed by atoms with E-state index in [1.54, 1.807) is 13.8 Å². The third-order valence-electron chi connectivity index (χ3n) is 2.09. The molecule has 0 heterocycles. The first kappa shape index (κ1) is 12.4. The summed E-state index contributed by atoms with van der Waals surface area (Å²) in [7, 11) is 0. The molecule has 4 N–H and O–H groups in total. The van der Waals surface area contributed by atoms with Gasteiger partial charge in [-0.05, 0) is 26.7 Å². The Kier molecular flexibility index (Phi) is 4.36. The lowest BCUT2D eigenvalue weighted by Crippen LogP contribution is -2.53. The van der Waals surface area contributed by atoms with Crippen molar-refractivity contribution in [1.29, 1.82) is 0 Å². The second-order valence-electron chi connectivity index (χ2n) is 4.14. The van der Waals surface area contributed by atoms with Crippen LogP contribution in [0.1, 0.15) is 27.7 Å². The van der Waals surface area contributed by atoms with Crippen LogP contribution in [0, 0.1) is 5.92 Å². The van der Waals surface area contributed by atoms with Gasteiger partial charge in [0.2, 0.25) is 5.91 Å². The van der Waals surface area contributed by atoms with Crippen molar-refractivity contribution >= 4 is 5.91 Å². The van der Waals surface area contributed by atoms with Crippen LogP contribution in [0.2, 0.25) is 0 Å². The van der Waals surface area contributed by atoms with Crippen molar-refractivity contribution in [2.75, 3.05) is 6.61 Å². The molecule has 0 radical (unpaired) electrons. The lowest BCUT2D eigenvalue weighted by molar-refractivity contribution is -0.126. The third kappa shape index (κ3) is 4.24. The maximum Gasteiger partial charge on any atom is 0.239 e. The molecule has 0 aromatic carbocycles. The standard InChI is InChI=1S/C9H20N2O2/c1-6(5-12)7(2)11-8(13)9(3,4)10/h6-7,12H,5,10H2,1-4H3,(H,11,13). The van der Waals surface area contributed by atoms with Gasteiger partial charge in [0.15, 0.2) is 0 Å². The smallest absolute Gasteiger partial charge is 0.239 e. The summed E-state index contributed by atoms with van der Waals surface area (Å²) in [6.07, 6.45) is 0. The summed E-state index contributed by atoms with van der Waals surface area (Å²) in [4.78, 5) is 11.4. The van der Waals surface area contributed by atoms with Crippen LogP contribution in [0.15, 0.2) is 0 Å². The van der Waals surface area contributed by atoms with Crippen LogP contribution in [-0.4, -0.2) is 29.2 Å². The normalized spacial score (nSPS) is 16.5. The second-order valence-corrected chi connectivity index (χ2v) is 4.14. The predicted octanol–water partition coefficient (Wildman–Crippen LogP) is -0.143. The van der Waals surface area contributed by atoms with Crippen molar-refractivity contribution in [2.45, 2.75) is 39.3 Å². The molecular formula is C9H20N2O2. The fraction of sp³-hybridized carbons (Fsp3) is 0.889. The van der Waals surface area contributed by atoms with Gasteiger partial charge >= 0.3 is 0 Å². The summed E-state index contributed by atoms with van der Waals surface area (Å²) in [5.41, 5.74) is 4.74. The highest BCUT2D eigenvalue weighted by Crippen LogP contribution is 2.03. The summed E-state index contributed by atoms with van der Waals surface area (Å²) in [6.45, 7) is 7.09. The van der Waals surface area contributed by atoms with E-state index in [2.05, 4.69) is 5.32 Å². The molecule has 4 heteroatoms. The van der Waals surface area contributed by atoms with Crippen molar-refractivity contribution in [1.82, 2.24) is 5.32 Å². The Balaban J connectivity index is 4.07. The van der Waals surface area contributed by atoms with Crippen LogP contribution in [0.4, 0.5) is 0 Å². The minimum absolute atomic E-state index is 0.0475. The van der Waals surface area contributed by atoms with Crippen LogP contribution in [0.25, 0.3) is 0 Å². The van der Waals surface area contributed by atoms with Crippen LogP contribution in [0.5, 0.6) is 0 Å². The van der Waals surface area contributed by atoms with Gasteiger partial charge in [0.25, 0.3) is 0 Å². The van der Waals surface area contributed by atoms with Gasteiger partial charge in [-0.15, -0.1) is 0 Å². The number of nitrogens with two attached hydrogens (primary N) is 1. The van der Waals surface area contributed by atoms with Crippen molar-refractivity contribution in [2.24, 2.45) is 11.7 Å². The number of carbonyl (C=O) groups excluding carboxylic acids is 1. The Morgan fingerprint density at radius 3 is 2.31 bits per heavy atom. The van der Waals surface area contributed by atoms with Gasteiger partial charge in [-0.2, -0.15) is 0 Å². The Morgan fingerprint density at radius 1 is 1.54 bits per heavy atom. The summed E-state index contributed by atoms with van der Waals surface area (Å²) in [5, 5.41) is 11.6. The molecule has 0 aliphatic rings. The number of amides is 1. The van der Waals surface area contributed by atoms with Crippen LogP contribution in [0.3, 0.4) is 0 Å². The molecule has 0 aliphatic carbocycles. The quantitative estimate of drug-likeness (QED) is 0.574. The van der Waals surface area contributed by atoms with Crippen molar-refractivity contribution in [3.63, 3.8) is 0 Å². The zero-order chi connectivity index (χ0) is 10.6. The largest absolute Gasteiger partial charge is 0.396 e. The van der Waals surface area contributed by atoms with E-state index in [1.165, 1.54) is 0 Å². The Hall–Kier alpha value is -0.610. The number of nitrogens with one attached hydrogen (secondary N) is 1. The van der Waals surface area contributed by atoms with Gasteiger partial charge in [-0.1, -0.05) is 6.92 Å². The van der Waals surface area contributed by atoms with E-state index in [0.717, 1.165) is 0 Å². The summed E-state index contributed by atoms with van der Waals surface area (Å²) in [6, 6.07) is -0.0553. The number of rotatable bonds is 4. The van der Waals surface area contributed by atoms with Gasteiger partial charge in [-0.25, -0.2) is 0 Å². The Labute approximate surface area is 79.5 Å². The molecule has 13 heavy (non-hydrogen) atoms. The molecule has 0 saturated carbocycles. The van der Waals surface area contributed by atoms with Crippen LogP contribution >= 0.6 is 0 Å². The molecule has 0 bridgehead atoms. The zero-order valence-corrected chi connectivity index (χ0v) is 8.79. The first-order valence-electron chi connectivity index (χ1n) is 4.49. The molecule has 0 fully saturated rings. The van der Waals surface area contributed by atoms with E-state index in [1.807, 2.05) is 13.8 Å². The van der Waals surface area contributed by atoms with Gasteiger partial charge in [0.1, 0.15) is 0 Å². The van der Waals surface area contributed by atoms with Crippen molar-refractivity contribution in [3.8, 4) is 0 Å². The molecule has 0 aromatic rings. The summed E-state index contributed by atoms with van der Waals surface area (Å²) < 4.78 is 0. The highest BCUT2D eigenvalue weighted by molar-refractivity contribution is 5.85. The van der Waals surface area contributed by atoms with Gasteiger partial charge in [0, 0.05) is 12.6 Å². The van der Waals surface area contributed by atoms with E-state index < -0.39 is 5.54 Å². The topological polar surface area (TPSA) is 75.3 Å². The van der Waals surface area contributed by atoms with Gasteiger partial charge in [-0.3, -0.25) is 4.79 Å². The lowest BCUT2D eigenvalue weighted by atomic mass is 10.0. The maximum atomic E-state index is 11.4. The highest BCUT2D eigenvalue weighted by atomic mass is 16.3. The molecule has 0 spiro atoms. The van der Waals surface area contributed by atoms with E-state index in [-0.39, 0.29) is 24.5 Å². The molecule has 1 amide bonds. The maximum absolute atomic E-state index is 11.4. The highest BCUT2D eigenvalue weighted by Gasteiger charge is 2.24. The van der Waals surface area contributed by atoms with E-state index in [4.69, 9.17) is 10.8 Å². The monoisotopic (exact) mass is 188 g/mol. The number of carbonyl (C=O) groups is 1. The van der Waals surface area contributed by atoms with Crippen molar-refractivity contribution in [3.05, 3.63) is 0 Å². The third-order valence-corrected chi connectivity index (χ3v) is 2.09. The summed E-state index contributed by atoms with van der Waals surface area (Å²) in [5.74, 6) is -0.147. The molecule has 2 atom stereocenters. The molecular weight excluding hydrogens is 168 g/mol. The first-order chi connectivity index (χ1) is 5.79. The van der Waals surface area contributed by atoms with Crippen LogP contribution in [-0.2, 0) is 4.79 Å².